The van der Waals surface area contributed by atoms with Crippen LogP contribution >= 0.6 is 11.3 Å². The molecule has 0 atom stereocenters. The molecule has 7 rings (SSSR count). The van der Waals surface area contributed by atoms with Crippen LogP contribution in [0.15, 0.2) is 72.8 Å². The summed E-state index contributed by atoms with van der Waals surface area (Å²) >= 11 is 1.81. The van der Waals surface area contributed by atoms with Crippen LogP contribution < -0.4 is 0 Å². The normalized spacial score (nSPS) is 16.4. The molecule has 6 heteroatoms. The summed E-state index contributed by atoms with van der Waals surface area (Å²) in [5.74, 6) is 1.24. The van der Waals surface area contributed by atoms with Crippen molar-refractivity contribution in [3.8, 4) is 21.7 Å². The number of carbonyl (C=O) groups is 1. The van der Waals surface area contributed by atoms with Gasteiger partial charge in [-0.15, -0.1) is 34.9 Å². The van der Waals surface area contributed by atoms with Crippen molar-refractivity contribution in [1.82, 2.24) is 9.97 Å². The number of carbonyl (C=O) groups excluding carboxylic acids is 1. The predicted octanol–water partition coefficient (Wildman–Crippen LogP) is 13.2. The van der Waals surface area contributed by atoms with Crippen molar-refractivity contribution in [3.63, 3.8) is 0 Å². The maximum atomic E-state index is 11.7. The van der Waals surface area contributed by atoms with Crippen LogP contribution in [0.3, 0.4) is 0 Å². The topological polar surface area (TPSA) is 63.1 Å². The largest absolute Gasteiger partial charge is 0.512 e. The van der Waals surface area contributed by atoms with Gasteiger partial charge in [-0.1, -0.05) is 114 Å². The molecule has 1 N–H and O–H groups in total. The van der Waals surface area contributed by atoms with Gasteiger partial charge in [0, 0.05) is 54.0 Å². The Balaban J connectivity index is 0.000000280. The second-order valence-corrected chi connectivity index (χ2v) is 17.0. The fourth-order valence-corrected chi connectivity index (χ4v) is 9.63. The molecule has 0 amide bonds. The van der Waals surface area contributed by atoms with Crippen LogP contribution in [-0.2, 0) is 30.3 Å². The second kappa shape index (κ2) is 16.5. The Labute approximate surface area is 328 Å². The van der Waals surface area contributed by atoms with Gasteiger partial charge in [0.05, 0.1) is 5.76 Å². The minimum absolute atomic E-state index is 0. The summed E-state index contributed by atoms with van der Waals surface area (Å²) in [5.41, 5.74) is 7.93. The number of benzene rings is 3. The molecule has 1 fully saturated rings. The molecule has 0 unspecified atom stereocenters. The Hall–Kier alpha value is -3.18. The average Bonchev–Trinajstić information content (AvgIpc) is 3.53. The molecule has 2 aliphatic rings. The van der Waals surface area contributed by atoms with Crippen LogP contribution in [0, 0.1) is 23.3 Å². The predicted molar refractivity (Wildman–Crippen MR) is 216 cm³/mol. The minimum Gasteiger partial charge on any atom is -0.512 e. The van der Waals surface area contributed by atoms with E-state index in [0.29, 0.717) is 11.3 Å². The standard InChI is InChI=1S/C33H31N2S.C13H24O2.Ir/c1-32(2)15-13-21(14-16-32)20-9-11-22(12-10-20)30-28-27-29(34-19-35-31(27)36-30)25-17-23-7-5-6-8-24(23)18-26(25)33(28,3)4;1-5-10(6-2)12(14)9-13(15)11(7-3)8-4;/h5-12,18-19,21H,13-16H2,1-4H3;9-11,14H,5-8H2,1-4H3;/q-1;;/b;12-9-;. The molecular formula is C46H55IrN2O2S-. The van der Waals surface area contributed by atoms with Crippen molar-refractivity contribution < 1.29 is 30.0 Å². The summed E-state index contributed by atoms with van der Waals surface area (Å²) in [5, 5.41) is 13.3. The summed E-state index contributed by atoms with van der Waals surface area (Å²) in [6, 6.07) is 24.1. The summed E-state index contributed by atoms with van der Waals surface area (Å²) in [6.45, 7) is 17.6. The number of hydrogen-bond acceptors (Lipinski definition) is 5. The molecule has 0 saturated heterocycles. The van der Waals surface area contributed by atoms with E-state index in [0.717, 1.165) is 47.2 Å². The zero-order chi connectivity index (χ0) is 36.5. The van der Waals surface area contributed by atoms with E-state index >= 15 is 0 Å². The van der Waals surface area contributed by atoms with Crippen LogP contribution in [0.5, 0.6) is 0 Å². The van der Waals surface area contributed by atoms with Crippen molar-refractivity contribution in [2.75, 3.05) is 0 Å². The number of hydrogen-bond donors (Lipinski definition) is 1. The summed E-state index contributed by atoms with van der Waals surface area (Å²) in [6.07, 6.45) is 11.9. The van der Waals surface area contributed by atoms with Crippen LogP contribution in [0.4, 0.5) is 0 Å². The van der Waals surface area contributed by atoms with Gasteiger partial charge >= 0.3 is 0 Å². The quantitative estimate of drug-likeness (QED) is 0.0910. The molecule has 3 aromatic carbocycles. The second-order valence-electron chi connectivity index (χ2n) is 16.0. The molecule has 277 valence electrons. The van der Waals surface area contributed by atoms with Gasteiger partial charge in [0.25, 0.3) is 0 Å². The van der Waals surface area contributed by atoms with E-state index in [1.807, 2.05) is 39.0 Å². The first-order chi connectivity index (χ1) is 24.4. The molecule has 5 aromatic rings. The van der Waals surface area contributed by atoms with Gasteiger partial charge in [-0.05, 0) is 84.8 Å². The molecular weight excluding hydrogens is 837 g/mol. The van der Waals surface area contributed by atoms with E-state index in [1.165, 1.54) is 69.7 Å². The number of aliphatic hydroxyl groups is 1. The molecule has 2 aromatic heterocycles. The number of ketones is 1. The average molecular weight is 892 g/mol. The minimum atomic E-state index is -0.172. The monoisotopic (exact) mass is 892 g/mol. The van der Waals surface area contributed by atoms with Crippen molar-refractivity contribution in [3.05, 3.63) is 95.5 Å². The molecule has 2 aliphatic carbocycles. The Morgan fingerprint density at radius 1 is 0.923 bits per heavy atom. The van der Waals surface area contributed by atoms with E-state index < -0.39 is 0 Å². The molecule has 0 bridgehead atoms. The van der Waals surface area contributed by atoms with Gasteiger partial charge in [-0.25, -0.2) is 4.98 Å². The van der Waals surface area contributed by atoms with E-state index in [1.54, 1.807) is 6.33 Å². The number of rotatable bonds is 9. The third-order valence-electron chi connectivity index (χ3n) is 11.9. The van der Waals surface area contributed by atoms with Gasteiger partial charge in [0.1, 0.15) is 11.2 Å². The summed E-state index contributed by atoms with van der Waals surface area (Å²) in [7, 11) is 0. The van der Waals surface area contributed by atoms with Crippen LogP contribution in [0.25, 0.3) is 42.7 Å². The number of aliphatic hydroxyl groups excluding tert-OH is 1. The van der Waals surface area contributed by atoms with Gasteiger partial charge in [0.15, 0.2) is 5.78 Å². The van der Waals surface area contributed by atoms with Crippen LogP contribution in [-0.4, -0.2) is 20.9 Å². The van der Waals surface area contributed by atoms with E-state index in [9.17, 15) is 9.90 Å². The first-order valence-electron chi connectivity index (χ1n) is 19.2. The molecule has 0 spiro atoms. The zero-order valence-corrected chi connectivity index (χ0v) is 35.4. The fourth-order valence-electron chi connectivity index (χ4n) is 8.32. The number of fused-ring (bicyclic) bond motifs is 3. The van der Waals surface area contributed by atoms with E-state index in [2.05, 4.69) is 88.4 Å². The molecule has 0 aliphatic heterocycles. The van der Waals surface area contributed by atoms with Crippen LogP contribution in [0.1, 0.15) is 129 Å². The molecule has 52 heavy (non-hydrogen) atoms. The summed E-state index contributed by atoms with van der Waals surface area (Å²) in [4.78, 5) is 23.7. The molecule has 4 nitrogen and oxygen atoms in total. The van der Waals surface area contributed by atoms with Crippen molar-refractivity contribution in [2.24, 2.45) is 17.3 Å². The SMILES string of the molecule is CC1(C)CCC(c2ccc(-c3sc4ncnc5c4c3C(C)(C)c3cc4ccccc4[c-]c3-5)cc2)CC1.CCC(CC)C(=O)/C=C(\O)C(CC)CC.[Ir]. The van der Waals surface area contributed by atoms with E-state index in [-0.39, 0.29) is 48.9 Å². The van der Waals surface area contributed by atoms with Gasteiger partial charge in [-0.3, -0.25) is 9.78 Å². The maximum Gasteiger partial charge on any atom is 0.162 e. The van der Waals surface area contributed by atoms with Gasteiger partial charge in [-0.2, -0.15) is 0 Å². The molecule has 2 heterocycles. The first kappa shape index (κ1) is 40.0. The van der Waals surface area contributed by atoms with Crippen molar-refractivity contribution >= 4 is 38.1 Å². The Morgan fingerprint density at radius 3 is 2.19 bits per heavy atom. The Bertz CT molecular complexity index is 2040. The van der Waals surface area contributed by atoms with Crippen LogP contribution in [0.2, 0.25) is 0 Å². The number of allylic oxidation sites excluding steroid dienone is 2. The Morgan fingerprint density at radius 2 is 1.56 bits per heavy atom. The fraction of sp³-hybridized carbons (Fsp3) is 0.457. The van der Waals surface area contributed by atoms with Crippen molar-refractivity contribution in [2.45, 2.75) is 118 Å². The van der Waals surface area contributed by atoms with Gasteiger partial charge in [0.2, 0.25) is 0 Å². The molecule has 1 radical (unpaired) electrons. The third kappa shape index (κ3) is 7.86. The maximum absolute atomic E-state index is 11.7. The number of thiophene rings is 1. The Kier molecular flexibility index (Phi) is 12.7. The third-order valence-corrected chi connectivity index (χ3v) is 13.0. The van der Waals surface area contributed by atoms with Crippen molar-refractivity contribution in [1.29, 1.82) is 0 Å². The number of aromatic nitrogens is 2. The molecule has 1 saturated carbocycles. The van der Waals surface area contributed by atoms with E-state index in [4.69, 9.17) is 9.97 Å². The summed E-state index contributed by atoms with van der Waals surface area (Å²) < 4.78 is 0. The van der Waals surface area contributed by atoms with Gasteiger partial charge < -0.3 is 5.11 Å². The zero-order valence-electron chi connectivity index (χ0n) is 32.2. The smallest absolute Gasteiger partial charge is 0.162 e. The first-order valence-corrected chi connectivity index (χ1v) is 20.0. The number of nitrogens with zero attached hydrogens (tertiary/aromatic N) is 2.